The lowest BCUT2D eigenvalue weighted by Crippen LogP contribution is -2.38. The summed E-state index contributed by atoms with van der Waals surface area (Å²) in [6.45, 7) is 5.71. The number of rotatable bonds is 7. The molecule has 3 heterocycles. The van der Waals surface area contributed by atoms with E-state index in [-0.39, 0.29) is 11.9 Å². The molecule has 0 aliphatic carbocycles. The molecule has 1 atom stereocenters. The highest BCUT2D eigenvalue weighted by molar-refractivity contribution is 5.93. The fourth-order valence-electron chi connectivity index (χ4n) is 4.20. The number of hydrogen-bond acceptors (Lipinski definition) is 6. The number of ether oxygens (including phenoxy) is 2. The zero-order valence-corrected chi connectivity index (χ0v) is 17.5. The third-order valence-electron chi connectivity index (χ3n) is 5.87. The van der Waals surface area contributed by atoms with Gasteiger partial charge in [-0.2, -0.15) is 0 Å². The third-order valence-corrected chi connectivity index (χ3v) is 5.87. The van der Waals surface area contributed by atoms with Crippen molar-refractivity contribution >= 4 is 11.6 Å². The summed E-state index contributed by atoms with van der Waals surface area (Å²) in [5.74, 6) is 0.695. The van der Waals surface area contributed by atoms with Gasteiger partial charge in [-0.15, -0.1) is 0 Å². The molecule has 1 aromatic heterocycles. The number of methoxy groups -OCH3 is 1. The van der Waals surface area contributed by atoms with Gasteiger partial charge in [0.2, 0.25) is 0 Å². The molecule has 1 unspecified atom stereocenters. The highest BCUT2D eigenvalue weighted by atomic mass is 16.5. The molecule has 2 aromatic rings. The lowest BCUT2D eigenvalue weighted by Gasteiger charge is -2.29. The van der Waals surface area contributed by atoms with Crippen molar-refractivity contribution in [1.82, 2.24) is 15.2 Å². The van der Waals surface area contributed by atoms with Gasteiger partial charge in [0.25, 0.3) is 5.91 Å². The molecule has 0 spiro atoms. The van der Waals surface area contributed by atoms with E-state index in [1.807, 2.05) is 24.3 Å². The summed E-state index contributed by atoms with van der Waals surface area (Å²) >= 11 is 0. The van der Waals surface area contributed by atoms with E-state index >= 15 is 0 Å². The monoisotopic (exact) mass is 410 g/mol. The van der Waals surface area contributed by atoms with Crippen LogP contribution < -0.4 is 15.0 Å². The van der Waals surface area contributed by atoms with Crippen LogP contribution in [0.25, 0.3) is 0 Å². The van der Waals surface area contributed by atoms with Crippen molar-refractivity contribution in [1.29, 1.82) is 0 Å². The van der Waals surface area contributed by atoms with Crippen molar-refractivity contribution in [3.63, 3.8) is 0 Å². The molecule has 1 amide bonds. The highest BCUT2D eigenvalue weighted by Crippen LogP contribution is 2.27. The van der Waals surface area contributed by atoms with Crippen LogP contribution in [0.3, 0.4) is 0 Å². The number of nitrogens with zero attached hydrogens (tertiary/aromatic N) is 3. The Morgan fingerprint density at radius 3 is 2.73 bits per heavy atom. The molecule has 160 valence electrons. The zero-order chi connectivity index (χ0) is 20.8. The van der Waals surface area contributed by atoms with Gasteiger partial charge in [-0.1, -0.05) is 12.1 Å². The van der Waals surface area contributed by atoms with Crippen molar-refractivity contribution in [2.75, 3.05) is 57.9 Å². The lowest BCUT2D eigenvalue weighted by molar-refractivity contribution is 0.0933. The van der Waals surface area contributed by atoms with Gasteiger partial charge in [-0.3, -0.25) is 14.7 Å². The Labute approximate surface area is 178 Å². The number of aromatic nitrogens is 1. The van der Waals surface area contributed by atoms with Crippen LogP contribution in [-0.2, 0) is 4.74 Å². The van der Waals surface area contributed by atoms with Crippen molar-refractivity contribution < 1.29 is 14.3 Å². The molecule has 0 saturated carbocycles. The van der Waals surface area contributed by atoms with E-state index in [0.717, 1.165) is 43.2 Å². The van der Waals surface area contributed by atoms with Crippen LogP contribution in [-0.4, -0.2) is 68.8 Å². The Kier molecular flexibility index (Phi) is 6.81. The second kappa shape index (κ2) is 9.91. The average molecular weight is 411 g/mol. The number of pyridine rings is 1. The van der Waals surface area contributed by atoms with E-state index in [9.17, 15) is 4.79 Å². The van der Waals surface area contributed by atoms with Gasteiger partial charge in [0.1, 0.15) is 11.4 Å². The van der Waals surface area contributed by atoms with Crippen molar-refractivity contribution in [3.05, 3.63) is 53.9 Å². The first-order valence-corrected chi connectivity index (χ1v) is 10.7. The summed E-state index contributed by atoms with van der Waals surface area (Å²) in [5.41, 5.74) is 2.62. The summed E-state index contributed by atoms with van der Waals surface area (Å²) in [5, 5.41) is 3.11. The van der Waals surface area contributed by atoms with Crippen LogP contribution >= 0.6 is 0 Å². The molecular formula is C23H30N4O3. The molecule has 2 aliphatic heterocycles. The van der Waals surface area contributed by atoms with Crippen LogP contribution in [0.4, 0.5) is 5.69 Å². The number of nitrogens with one attached hydrogen (secondary N) is 1. The Bertz CT molecular complexity index is 848. The van der Waals surface area contributed by atoms with Gasteiger partial charge in [0, 0.05) is 31.5 Å². The van der Waals surface area contributed by atoms with Gasteiger partial charge >= 0.3 is 0 Å². The molecule has 30 heavy (non-hydrogen) atoms. The summed E-state index contributed by atoms with van der Waals surface area (Å²) in [6, 6.07) is 12.1. The maximum Gasteiger partial charge on any atom is 0.270 e. The van der Waals surface area contributed by atoms with E-state index in [0.29, 0.717) is 25.5 Å². The topological polar surface area (TPSA) is 66.9 Å². The molecule has 7 heteroatoms. The quantitative estimate of drug-likeness (QED) is 0.757. The van der Waals surface area contributed by atoms with Crippen LogP contribution in [0.15, 0.2) is 42.6 Å². The summed E-state index contributed by atoms with van der Waals surface area (Å²) in [6.07, 6.45) is 4.09. The summed E-state index contributed by atoms with van der Waals surface area (Å²) < 4.78 is 10.8. The third kappa shape index (κ3) is 4.91. The van der Waals surface area contributed by atoms with E-state index in [4.69, 9.17) is 9.47 Å². The van der Waals surface area contributed by atoms with E-state index in [1.165, 1.54) is 12.8 Å². The Balaban J connectivity index is 1.46. The summed E-state index contributed by atoms with van der Waals surface area (Å²) in [4.78, 5) is 21.9. The first-order chi connectivity index (χ1) is 14.7. The predicted molar refractivity (Wildman–Crippen MR) is 116 cm³/mol. The first-order valence-electron chi connectivity index (χ1n) is 10.7. The van der Waals surface area contributed by atoms with Crippen LogP contribution in [0.2, 0.25) is 0 Å². The fourth-order valence-corrected chi connectivity index (χ4v) is 4.20. The van der Waals surface area contributed by atoms with Gasteiger partial charge in [0.05, 0.1) is 26.4 Å². The standard InChI is InChI=1S/C23H30N4O3/c1-29-20-6-4-5-18(15-20)22(27-9-2-3-10-27)17-25-23(28)21-16-19(7-8-24-21)26-11-13-30-14-12-26/h4-8,15-16,22H,2-3,9-14,17H2,1H3,(H,25,28). The lowest BCUT2D eigenvalue weighted by atomic mass is 10.0. The van der Waals surface area contributed by atoms with Crippen molar-refractivity contribution in [2.45, 2.75) is 18.9 Å². The van der Waals surface area contributed by atoms with Crippen molar-refractivity contribution in [3.8, 4) is 5.75 Å². The minimum atomic E-state index is -0.141. The molecule has 0 radical (unpaired) electrons. The zero-order valence-electron chi connectivity index (χ0n) is 17.5. The minimum absolute atomic E-state index is 0.119. The largest absolute Gasteiger partial charge is 0.497 e. The van der Waals surface area contributed by atoms with E-state index in [1.54, 1.807) is 13.3 Å². The van der Waals surface area contributed by atoms with Crippen LogP contribution in [0.5, 0.6) is 5.75 Å². The molecule has 1 N–H and O–H groups in total. The molecule has 4 rings (SSSR count). The van der Waals surface area contributed by atoms with Crippen LogP contribution in [0, 0.1) is 0 Å². The Morgan fingerprint density at radius 1 is 1.17 bits per heavy atom. The highest BCUT2D eigenvalue weighted by Gasteiger charge is 2.25. The molecule has 1 aromatic carbocycles. The van der Waals surface area contributed by atoms with Gasteiger partial charge in [-0.25, -0.2) is 0 Å². The second-order valence-electron chi connectivity index (χ2n) is 7.74. The Hall–Kier alpha value is -2.64. The average Bonchev–Trinajstić information content (AvgIpc) is 3.34. The molecule has 2 saturated heterocycles. The number of carbonyl (C=O) groups is 1. The first kappa shape index (κ1) is 20.6. The van der Waals surface area contributed by atoms with Gasteiger partial charge in [-0.05, 0) is 55.8 Å². The minimum Gasteiger partial charge on any atom is -0.497 e. The van der Waals surface area contributed by atoms with Gasteiger partial charge < -0.3 is 19.7 Å². The number of hydrogen-bond donors (Lipinski definition) is 1. The molecule has 2 fully saturated rings. The van der Waals surface area contributed by atoms with Gasteiger partial charge in [0.15, 0.2) is 0 Å². The number of carbonyl (C=O) groups excluding carboxylic acids is 1. The maximum atomic E-state index is 12.9. The number of benzene rings is 1. The molecule has 2 aliphatic rings. The number of anilines is 1. The predicted octanol–water partition coefficient (Wildman–Crippen LogP) is 2.49. The van der Waals surface area contributed by atoms with E-state index < -0.39 is 0 Å². The smallest absolute Gasteiger partial charge is 0.270 e. The number of amides is 1. The molecule has 7 nitrogen and oxygen atoms in total. The summed E-state index contributed by atoms with van der Waals surface area (Å²) in [7, 11) is 1.68. The van der Waals surface area contributed by atoms with Crippen LogP contribution in [0.1, 0.15) is 34.9 Å². The number of likely N-dealkylation sites (tertiary alicyclic amines) is 1. The maximum absolute atomic E-state index is 12.9. The molecular weight excluding hydrogens is 380 g/mol. The van der Waals surface area contributed by atoms with E-state index in [2.05, 4.69) is 32.2 Å². The van der Waals surface area contributed by atoms with Crippen molar-refractivity contribution in [2.24, 2.45) is 0 Å². The second-order valence-corrected chi connectivity index (χ2v) is 7.74. The Morgan fingerprint density at radius 2 is 1.97 bits per heavy atom. The normalized spacial score (nSPS) is 18.2. The number of morpholine rings is 1. The SMILES string of the molecule is COc1cccc(C(CNC(=O)c2cc(N3CCOCC3)ccn2)N2CCCC2)c1. The fraction of sp³-hybridized carbons (Fsp3) is 0.478. The molecule has 0 bridgehead atoms.